The minimum atomic E-state index is 0. The van der Waals surface area contributed by atoms with Crippen molar-refractivity contribution in [1.29, 1.82) is 0 Å². The molecule has 12 rings (SSSR count). The van der Waals surface area contributed by atoms with Gasteiger partial charge in [0.15, 0.2) is 0 Å². The average Bonchev–Trinajstić information content (AvgIpc) is 4.19. The van der Waals surface area contributed by atoms with E-state index in [9.17, 15) is 0 Å². The quantitative estimate of drug-likeness (QED) is 0.131. The third kappa shape index (κ3) is 9.72. The van der Waals surface area contributed by atoms with Gasteiger partial charge in [0.25, 0.3) is 0 Å². The summed E-state index contributed by atoms with van der Waals surface area (Å²) < 4.78 is 0. The number of aryl methyl sites for hydroxylation is 4. The van der Waals surface area contributed by atoms with Crippen molar-refractivity contribution < 1.29 is 19.5 Å². The topological polar surface area (TPSA) is 106 Å². The van der Waals surface area contributed by atoms with Crippen molar-refractivity contribution in [2.75, 3.05) is 0 Å². The van der Waals surface area contributed by atoms with Gasteiger partial charge in [-0.15, -0.1) is 45.3 Å². The van der Waals surface area contributed by atoms with E-state index in [2.05, 4.69) is 129 Å². The monoisotopic (exact) mass is 1020 g/mol. The van der Waals surface area contributed by atoms with Crippen molar-refractivity contribution in [3.63, 3.8) is 0 Å². The fourth-order valence-corrected chi connectivity index (χ4v) is 11.4. The molecule has 1 N–H and O–H groups in total. The van der Waals surface area contributed by atoms with Crippen LogP contribution in [-0.4, -0.2) is 39.9 Å². The van der Waals surface area contributed by atoms with Gasteiger partial charge in [-0.05, 0) is 171 Å². The molecule has 66 heavy (non-hydrogen) atoms. The van der Waals surface area contributed by atoms with Crippen LogP contribution in [-0.2, 0) is 19.5 Å². The minimum absolute atomic E-state index is 0. The maximum atomic E-state index is 5.04. The van der Waals surface area contributed by atoms with Crippen LogP contribution >= 0.6 is 45.3 Å². The molecule has 0 aliphatic heterocycles. The molecule has 12 aromatic rings. The molecule has 0 saturated carbocycles. The van der Waals surface area contributed by atoms with E-state index in [1.165, 1.54) is 51.5 Å². The molecule has 0 unspecified atom stereocenters. The Hall–Kier alpha value is -6.47. The number of rotatable bonds is 6. The first-order chi connectivity index (χ1) is 31.8. The van der Waals surface area contributed by atoms with E-state index >= 15 is 0 Å². The number of H-pyrrole nitrogens is 1. The number of thiophene rings is 4. The molecule has 8 nitrogen and oxygen atoms in total. The Morgan fingerprint density at radius 1 is 0.379 bits per heavy atom. The molecule has 13 heteroatoms. The van der Waals surface area contributed by atoms with Crippen LogP contribution in [0, 0.1) is 27.7 Å². The van der Waals surface area contributed by atoms with E-state index in [0.29, 0.717) is 0 Å². The summed E-state index contributed by atoms with van der Waals surface area (Å²) >= 11 is 7.26. The van der Waals surface area contributed by atoms with Gasteiger partial charge >= 0.3 is 0 Å². The van der Waals surface area contributed by atoms with Crippen molar-refractivity contribution in [1.82, 2.24) is 39.9 Å². The molecule has 0 spiro atoms. The summed E-state index contributed by atoms with van der Waals surface area (Å²) in [5, 5.41) is 4.19. The standard InChI is InChI=1S/C29H16N4S4.2C12H12N2.Ru/c1-4-16-25(30-13-1)26-17(5-2-14-31-26)28-27(16)32-29(33-28)24-12-11-23(37-24)22-10-9-21(36-22)20-8-7-19(35-20)18-6-3-15-34-18;2*1-9-3-5-13-11(7-9)12-8-10(2)4-6-14-12;/h1-15H,(H,32,33);2*3-8H,1-2H3;. The van der Waals surface area contributed by atoms with E-state index in [4.69, 9.17) is 4.98 Å². The van der Waals surface area contributed by atoms with Gasteiger partial charge in [0.05, 0.1) is 49.7 Å². The first-order valence-corrected chi connectivity index (χ1v) is 24.2. The minimum Gasteiger partial charge on any atom is -0.337 e. The summed E-state index contributed by atoms with van der Waals surface area (Å²) in [7, 11) is 0. The fourth-order valence-electron chi connectivity index (χ4n) is 7.39. The van der Waals surface area contributed by atoms with Crippen LogP contribution in [0.3, 0.4) is 0 Å². The first kappa shape index (κ1) is 44.7. The van der Waals surface area contributed by atoms with Gasteiger partial charge < -0.3 is 4.98 Å². The number of fused-ring (bicyclic) bond motifs is 6. The van der Waals surface area contributed by atoms with E-state index < -0.39 is 0 Å². The fraction of sp³-hybridized carbons (Fsp3) is 0.0755. The molecule has 324 valence electrons. The summed E-state index contributed by atoms with van der Waals surface area (Å²) in [5.41, 5.74) is 12.3. The van der Waals surface area contributed by atoms with E-state index in [1.54, 1.807) is 22.7 Å². The maximum Gasteiger partial charge on any atom is 0.148 e. The smallest absolute Gasteiger partial charge is 0.148 e. The normalized spacial score (nSPS) is 10.9. The molecule has 0 saturated heterocycles. The Kier molecular flexibility index (Phi) is 13.5. The zero-order chi connectivity index (χ0) is 44.3. The van der Waals surface area contributed by atoms with Gasteiger partial charge in [-0.3, -0.25) is 29.9 Å². The largest absolute Gasteiger partial charge is 0.337 e. The Morgan fingerprint density at radius 3 is 1.23 bits per heavy atom. The number of pyridine rings is 6. The van der Waals surface area contributed by atoms with Crippen LogP contribution in [0.25, 0.3) is 95.6 Å². The Balaban J connectivity index is 0.000000155. The Morgan fingerprint density at radius 2 is 0.788 bits per heavy atom. The average molecular weight is 1020 g/mol. The van der Waals surface area contributed by atoms with Crippen LogP contribution in [0.4, 0.5) is 0 Å². The second-order valence-corrected chi connectivity index (χ2v) is 19.6. The van der Waals surface area contributed by atoms with Gasteiger partial charge in [-0.1, -0.05) is 6.07 Å². The van der Waals surface area contributed by atoms with E-state index in [0.717, 1.165) is 66.3 Å². The number of nitrogens with one attached hydrogen (secondary N) is 1. The molecule has 11 aromatic heterocycles. The van der Waals surface area contributed by atoms with Crippen LogP contribution in [0.5, 0.6) is 0 Å². The van der Waals surface area contributed by atoms with Crippen LogP contribution < -0.4 is 0 Å². The molecule has 0 aliphatic carbocycles. The van der Waals surface area contributed by atoms with Crippen molar-refractivity contribution in [2.24, 2.45) is 0 Å². The summed E-state index contributed by atoms with van der Waals surface area (Å²) in [4.78, 5) is 43.9. The van der Waals surface area contributed by atoms with Gasteiger partial charge in [-0.25, -0.2) is 4.98 Å². The van der Waals surface area contributed by atoms with Crippen LogP contribution in [0.15, 0.2) is 164 Å². The molecule has 0 amide bonds. The van der Waals surface area contributed by atoms with E-state index in [-0.39, 0.29) is 19.5 Å². The maximum absolute atomic E-state index is 5.04. The molecular formula is C53H40N8RuS4. The number of aromatic amines is 1. The Bertz CT molecular complexity index is 3340. The number of aromatic nitrogens is 8. The number of imidazole rings is 1. The third-order valence-corrected chi connectivity index (χ3v) is 15.3. The predicted molar refractivity (Wildman–Crippen MR) is 274 cm³/mol. The second kappa shape index (κ2) is 20.0. The number of nitrogens with zero attached hydrogens (tertiary/aromatic N) is 7. The molecule has 0 atom stereocenters. The second-order valence-electron chi connectivity index (χ2n) is 15.5. The number of hydrogen-bond donors (Lipinski definition) is 1. The van der Waals surface area contributed by atoms with Gasteiger partial charge in [0.2, 0.25) is 0 Å². The van der Waals surface area contributed by atoms with Crippen molar-refractivity contribution in [3.8, 4) is 62.7 Å². The first-order valence-electron chi connectivity index (χ1n) is 20.9. The summed E-state index contributed by atoms with van der Waals surface area (Å²) in [6, 6.07) is 41.8. The number of hydrogen-bond acceptors (Lipinski definition) is 11. The van der Waals surface area contributed by atoms with Crippen LogP contribution in [0.2, 0.25) is 0 Å². The Labute approximate surface area is 411 Å². The zero-order valence-electron chi connectivity index (χ0n) is 36.2. The SMILES string of the molecule is Cc1ccnc(-c2cc(C)ccn2)c1.Cc1ccnc(-c2cc(C)ccn2)c1.[Ru].c1csc(-c2ccc(-c3ccc(-c4ccc(-c5nc6c7cccnc7c7ncccc7c6[nH]5)s4)s3)s2)c1. The summed E-state index contributed by atoms with van der Waals surface area (Å²) in [5.74, 6) is 0.878. The third-order valence-electron chi connectivity index (χ3n) is 10.6. The van der Waals surface area contributed by atoms with Gasteiger partial charge in [0.1, 0.15) is 5.82 Å². The molecular weight excluding hydrogens is 978 g/mol. The summed E-state index contributed by atoms with van der Waals surface area (Å²) in [6.45, 7) is 8.23. The number of benzene rings is 1. The van der Waals surface area contributed by atoms with Crippen molar-refractivity contribution >= 4 is 78.2 Å². The van der Waals surface area contributed by atoms with Crippen molar-refractivity contribution in [2.45, 2.75) is 27.7 Å². The molecule has 1 aromatic carbocycles. The summed E-state index contributed by atoms with van der Waals surface area (Å²) in [6.07, 6.45) is 10.9. The molecule has 0 bridgehead atoms. The van der Waals surface area contributed by atoms with Crippen LogP contribution in [0.1, 0.15) is 22.3 Å². The molecule has 11 heterocycles. The van der Waals surface area contributed by atoms with Gasteiger partial charge in [0, 0.05) is 96.7 Å². The van der Waals surface area contributed by atoms with Crippen molar-refractivity contribution in [3.05, 3.63) is 186 Å². The van der Waals surface area contributed by atoms with E-state index in [1.807, 2.05) is 121 Å². The molecule has 0 fully saturated rings. The predicted octanol–water partition coefficient (Wildman–Crippen LogP) is 15.1. The zero-order valence-corrected chi connectivity index (χ0v) is 41.2. The molecule has 0 radical (unpaired) electrons. The van der Waals surface area contributed by atoms with Gasteiger partial charge in [-0.2, -0.15) is 0 Å². The molecule has 0 aliphatic rings.